The number of nitrogens with two attached hydrogens (primary N) is 1. The van der Waals surface area contributed by atoms with Crippen molar-refractivity contribution < 1.29 is 9.26 Å². The van der Waals surface area contributed by atoms with Crippen molar-refractivity contribution >= 4 is 15.9 Å². The maximum Gasteiger partial charge on any atom is 0.236 e. The molecular weight excluding hydrogens is 312 g/mol. The fraction of sp³-hybridized carbons (Fsp3) is 0.417. The molecule has 3 rings (SSSR count). The van der Waals surface area contributed by atoms with Crippen molar-refractivity contribution in [3.8, 4) is 11.4 Å². The Balaban J connectivity index is 1.96. The van der Waals surface area contributed by atoms with Gasteiger partial charge in [0.15, 0.2) is 0 Å². The molecule has 0 spiro atoms. The SMILES string of the molecule is CC1(c2nc(-c3cncc(Br)c3)no2)COCC1N. The van der Waals surface area contributed by atoms with Crippen LogP contribution >= 0.6 is 15.9 Å². The summed E-state index contributed by atoms with van der Waals surface area (Å²) < 4.78 is 11.6. The molecule has 19 heavy (non-hydrogen) atoms. The van der Waals surface area contributed by atoms with Gasteiger partial charge in [0.25, 0.3) is 0 Å². The zero-order valence-corrected chi connectivity index (χ0v) is 11.9. The van der Waals surface area contributed by atoms with E-state index in [-0.39, 0.29) is 6.04 Å². The predicted octanol–water partition coefficient (Wildman–Crippen LogP) is 1.51. The van der Waals surface area contributed by atoms with E-state index in [2.05, 4.69) is 31.1 Å². The number of halogens is 1. The van der Waals surface area contributed by atoms with Gasteiger partial charge in [0.2, 0.25) is 11.7 Å². The van der Waals surface area contributed by atoms with E-state index in [1.54, 1.807) is 12.4 Å². The molecule has 2 atom stereocenters. The summed E-state index contributed by atoms with van der Waals surface area (Å²) in [7, 11) is 0. The van der Waals surface area contributed by atoms with E-state index >= 15 is 0 Å². The molecule has 7 heteroatoms. The molecule has 2 aromatic heterocycles. The van der Waals surface area contributed by atoms with Gasteiger partial charge in [0, 0.05) is 28.5 Å². The minimum atomic E-state index is -0.426. The maximum absolute atomic E-state index is 6.04. The highest BCUT2D eigenvalue weighted by molar-refractivity contribution is 9.10. The quantitative estimate of drug-likeness (QED) is 0.900. The molecule has 1 saturated heterocycles. The average Bonchev–Trinajstić information content (AvgIpc) is 2.99. The van der Waals surface area contributed by atoms with Gasteiger partial charge in [-0.05, 0) is 28.9 Å². The first kappa shape index (κ1) is 12.7. The number of nitrogens with zero attached hydrogens (tertiary/aromatic N) is 3. The first-order chi connectivity index (χ1) is 9.09. The Hall–Kier alpha value is -1.31. The van der Waals surface area contributed by atoms with Crippen LogP contribution in [0.3, 0.4) is 0 Å². The Morgan fingerprint density at radius 2 is 2.32 bits per heavy atom. The van der Waals surface area contributed by atoms with Gasteiger partial charge >= 0.3 is 0 Å². The van der Waals surface area contributed by atoms with Crippen LogP contribution < -0.4 is 5.73 Å². The highest BCUT2D eigenvalue weighted by Crippen LogP contribution is 2.32. The Kier molecular flexibility index (Phi) is 3.12. The van der Waals surface area contributed by atoms with Crippen molar-refractivity contribution in [3.05, 3.63) is 28.8 Å². The molecule has 0 aromatic carbocycles. The summed E-state index contributed by atoms with van der Waals surface area (Å²) in [6, 6.07) is 1.75. The summed E-state index contributed by atoms with van der Waals surface area (Å²) in [6.45, 7) is 2.97. The highest BCUT2D eigenvalue weighted by atomic mass is 79.9. The molecule has 100 valence electrons. The highest BCUT2D eigenvalue weighted by Gasteiger charge is 2.44. The average molecular weight is 325 g/mol. The lowest BCUT2D eigenvalue weighted by Crippen LogP contribution is -2.42. The summed E-state index contributed by atoms with van der Waals surface area (Å²) in [5, 5.41) is 3.99. The zero-order chi connectivity index (χ0) is 13.5. The van der Waals surface area contributed by atoms with Gasteiger partial charge < -0.3 is 15.0 Å². The second-order valence-corrected chi connectivity index (χ2v) is 5.77. The number of hydrogen-bond acceptors (Lipinski definition) is 6. The molecule has 0 aliphatic carbocycles. The van der Waals surface area contributed by atoms with Crippen molar-refractivity contribution in [1.82, 2.24) is 15.1 Å². The normalized spacial score (nSPS) is 26.8. The molecule has 2 aromatic rings. The molecule has 6 nitrogen and oxygen atoms in total. The second kappa shape index (κ2) is 4.66. The molecule has 2 unspecified atom stereocenters. The van der Waals surface area contributed by atoms with Crippen molar-refractivity contribution in [2.45, 2.75) is 18.4 Å². The van der Waals surface area contributed by atoms with Gasteiger partial charge in [0.05, 0.1) is 18.6 Å². The van der Waals surface area contributed by atoms with Crippen LogP contribution in [0.1, 0.15) is 12.8 Å². The van der Waals surface area contributed by atoms with E-state index in [0.29, 0.717) is 24.9 Å². The van der Waals surface area contributed by atoms with E-state index in [9.17, 15) is 0 Å². The molecule has 0 saturated carbocycles. The Morgan fingerprint density at radius 3 is 3.00 bits per heavy atom. The lowest BCUT2D eigenvalue weighted by molar-refractivity contribution is 0.169. The molecule has 0 radical (unpaired) electrons. The largest absolute Gasteiger partial charge is 0.379 e. The fourth-order valence-corrected chi connectivity index (χ4v) is 2.38. The van der Waals surface area contributed by atoms with Crippen molar-refractivity contribution in [3.63, 3.8) is 0 Å². The van der Waals surface area contributed by atoms with E-state index < -0.39 is 5.41 Å². The summed E-state index contributed by atoms with van der Waals surface area (Å²) in [5.74, 6) is 1.01. The molecule has 1 fully saturated rings. The van der Waals surface area contributed by atoms with E-state index in [4.69, 9.17) is 15.0 Å². The Morgan fingerprint density at radius 1 is 1.47 bits per heavy atom. The van der Waals surface area contributed by atoms with Crippen LogP contribution in [0.15, 0.2) is 27.5 Å². The lowest BCUT2D eigenvalue weighted by Gasteiger charge is -2.21. The topological polar surface area (TPSA) is 87.1 Å². The minimum absolute atomic E-state index is 0.138. The molecule has 0 bridgehead atoms. The standard InChI is InChI=1S/C12H13BrN4O2/c1-12(6-18-5-9(12)14)11-16-10(17-19-11)7-2-8(13)4-15-3-7/h2-4,9H,5-6,14H2,1H3. The first-order valence-electron chi connectivity index (χ1n) is 5.88. The number of ether oxygens (including phenoxy) is 1. The number of rotatable bonds is 2. The van der Waals surface area contributed by atoms with Crippen LogP contribution in [0.5, 0.6) is 0 Å². The van der Waals surface area contributed by atoms with Crippen LogP contribution in [0.25, 0.3) is 11.4 Å². The van der Waals surface area contributed by atoms with Crippen LogP contribution in [-0.2, 0) is 10.2 Å². The van der Waals surface area contributed by atoms with Gasteiger partial charge in [-0.3, -0.25) is 4.98 Å². The minimum Gasteiger partial charge on any atom is -0.379 e. The van der Waals surface area contributed by atoms with Crippen LogP contribution in [-0.4, -0.2) is 34.4 Å². The van der Waals surface area contributed by atoms with Crippen LogP contribution in [0, 0.1) is 0 Å². The third-order valence-electron chi connectivity index (χ3n) is 3.40. The Labute approximate surface area is 118 Å². The van der Waals surface area contributed by atoms with Crippen molar-refractivity contribution in [1.29, 1.82) is 0 Å². The monoisotopic (exact) mass is 324 g/mol. The predicted molar refractivity (Wildman–Crippen MR) is 71.4 cm³/mol. The van der Waals surface area contributed by atoms with Gasteiger partial charge in [-0.2, -0.15) is 4.98 Å². The van der Waals surface area contributed by atoms with Crippen molar-refractivity contribution in [2.75, 3.05) is 13.2 Å². The van der Waals surface area contributed by atoms with Gasteiger partial charge in [-0.15, -0.1) is 0 Å². The molecule has 2 N–H and O–H groups in total. The fourth-order valence-electron chi connectivity index (χ4n) is 2.02. The molecule has 1 aliphatic heterocycles. The van der Waals surface area contributed by atoms with E-state index in [0.717, 1.165) is 10.0 Å². The molecular formula is C12H13BrN4O2. The van der Waals surface area contributed by atoms with Gasteiger partial charge in [-0.25, -0.2) is 0 Å². The van der Waals surface area contributed by atoms with E-state index in [1.165, 1.54) is 0 Å². The summed E-state index contributed by atoms with van der Waals surface area (Å²) in [4.78, 5) is 8.51. The zero-order valence-electron chi connectivity index (χ0n) is 10.3. The molecule has 0 amide bonds. The number of aromatic nitrogens is 3. The van der Waals surface area contributed by atoms with Gasteiger partial charge in [0.1, 0.15) is 0 Å². The summed E-state index contributed by atoms with van der Waals surface area (Å²) in [5.41, 5.74) is 6.41. The summed E-state index contributed by atoms with van der Waals surface area (Å²) >= 11 is 3.36. The molecule has 1 aliphatic rings. The van der Waals surface area contributed by atoms with Crippen LogP contribution in [0.2, 0.25) is 0 Å². The first-order valence-corrected chi connectivity index (χ1v) is 6.67. The Bertz CT molecular complexity index is 603. The van der Waals surface area contributed by atoms with Crippen molar-refractivity contribution in [2.24, 2.45) is 5.73 Å². The van der Waals surface area contributed by atoms with E-state index in [1.807, 2.05) is 13.0 Å². The van der Waals surface area contributed by atoms with Crippen LogP contribution in [0.4, 0.5) is 0 Å². The maximum atomic E-state index is 6.04. The van der Waals surface area contributed by atoms with Gasteiger partial charge in [-0.1, -0.05) is 5.16 Å². The summed E-state index contributed by atoms with van der Waals surface area (Å²) in [6.07, 6.45) is 3.39. The third-order valence-corrected chi connectivity index (χ3v) is 3.83. The molecule has 3 heterocycles. The number of pyridine rings is 1. The third kappa shape index (κ3) is 2.18. The second-order valence-electron chi connectivity index (χ2n) is 4.85. The lowest BCUT2D eigenvalue weighted by atomic mass is 9.86. The smallest absolute Gasteiger partial charge is 0.236 e. The number of hydrogen-bond donors (Lipinski definition) is 1.